The molecule has 0 saturated carbocycles. The molecule has 1 aromatic rings. The minimum atomic E-state index is -0.258. The number of carbonyl (C=O) groups is 2. The lowest BCUT2D eigenvalue weighted by molar-refractivity contribution is -0.146. The number of rotatable bonds is 3. The predicted octanol–water partition coefficient (Wildman–Crippen LogP) is 0.543. The molecule has 0 aromatic carbocycles. The fraction of sp³-hybridized carbons (Fsp3) is 0.684. The second-order valence-corrected chi connectivity index (χ2v) is 7.48. The number of amides is 2. The van der Waals surface area contributed by atoms with E-state index in [0.29, 0.717) is 32.8 Å². The van der Waals surface area contributed by atoms with E-state index in [1.807, 2.05) is 9.80 Å². The van der Waals surface area contributed by atoms with Gasteiger partial charge in [0.1, 0.15) is 11.9 Å². The fourth-order valence-electron chi connectivity index (χ4n) is 4.19. The van der Waals surface area contributed by atoms with Crippen LogP contribution in [0.4, 0.5) is 5.82 Å². The van der Waals surface area contributed by atoms with E-state index in [2.05, 4.69) is 14.9 Å². The van der Waals surface area contributed by atoms with Gasteiger partial charge in [0.2, 0.25) is 5.91 Å². The summed E-state index contributed by atoms with van der Waals surface area (Å²) in [5.41, 5.74) is 0. The van der Waals surface area contributed by atoms with E-state index in [1.165, 1.54) is 0 Å². The molecule has 8 heteroatoms. The molecule has 2 amide bonds. The summed E-state index contributed by atoms with van der Waals surface area (Å²) in [6, 6.07) is 0. The summed E-state index contributed by atoms with van der Waals surface area (Å²) in [7, 11) is 0. The molecule has 0 aliphatic carbocycles. The van der Waals surface area contributed by atoms with Crippen LogP contribution in [0, 0.1) is 5.92 Å². The van der Waals surface area contributed by atoms with E-state index < -0.39 is 0 Å². The molecule has 0 unspecified atom stereocenters. The van der Waals surface area contributed by atoms with E-state index in [1.54, 1.807) is 18.6 Å². The monoisotopic (exact) mass is 373 g/mol. The van der Waals surface area contributed by atoms with E-state index in [0.717, 1.165) is 44.6 Å². The van der Waals surface area contributed by atoms with Crippen LogP contribution >= 0.6 is 0 Å². The predicted molar refractivity (Wildman–Crippen MR) is 99.1 cm³/mol. The van der Waals surface area contributed by atoms with Crippen molar-refractivity contribution >= 4 is 17.6 Å². The highest BCUT2D eigenvalue weighted by Gasteiger charge is 2.34. The number of aromatic nitrogens is 2. The van der Waals surface area contributed by atoms with E-state index in [4.69, 9.17) is 4.74 Å². The molecule has 4 rings (SSSR count). The number of hydrogen-bond donors (Lipinski definition) is 0. The van der Waals surface area contributed by atoms with E-state index in [-0.39, 0.29) is 23.8 Å². The van der Waals surface area contributed by atoms with Crippen LogP contribution in [0.2, 0.25) is 0 Å². The molecule has 1 atom stereocenters. The van der Waals surface area contributed by atoms with Crippen molar-refractivity contribution in [3.8, 4) is 0 Å². The molecule has 0 spiro atoms. The van der Waals surface area contributed by atoms with Gasteiger partial charge in [-0.05, 0) is 25.7 Å². The first-order chi connectivity index (χ1) is 13.2. The van der Waals surface area contributed by atoms with Crippen molar-refractivity contribution in [2.75, 3.05) is 50.8 Å². The maximum absolute atomic E-state index is 12.9. The van der Waals surface area contributed by atoms with Crippen molar-refractivity contribution < 1.29 is 14.3 Å². The lowest BCUT2D eigenvalue weighted by Gasteiger charge is -2.39. The summed E-state index contributed by atoms with van der Waals surface area (Å²) in [6.45, 7) is 4.99. The molecule has 4 heterocycles. The summed E-state index contributed by atoms with van der Waals surface area (Å²) in [6.07, 6.45) is 8.16. The van der Waals surface area contributed by atoms with Gasteiger partial charge in [-0.3, -0.25) is 14.6 Å². The van der Waals surface area contributed by atoms with Gasteiger partial charge in [0, 0.05) is 64.2 Å². The van der Waals surface area contributed by atoms with Crippen LogP contribution < -0.4 is 4.90 Å². The third-order valence-electron chi connectivity index (χ3n) is 5.83. The fourth-order valence-corrected chi connectivity index (χ4v) is 4.19. The minimum absolute atomic E-state index is 0.0293. The van der Waals surface area contributed by atoms with Crippen molar-refractivity contribution in [3.05, 3.63) is 18.6 Å². The highest BCUT2D eigenvalue weighted by molar-refractivity contribution is 5.82. The average Bonchev–Trinajstić information content (AvgIpc) is 3.28. The summed E-state index contributed by atoms with van der Waals surface area (Å²) >= 11 is 0. The van der Waals surface area contributed by atoms with Gasteiger partial charge >= 0.3 is 0 Å². The summed E-state index contributed by atoms with van der Waals surface area (Å²) in [5.74, 6) is 1.24. The highest BCUT2D eigenvalue weighted by atomic mass is 16.5. The summed E-state index contributed by atoms with van der Waals surface area (Å²) < 4.78 is 5.50. The Balaban J connectivity index is 1.24. The number of ether oxygens (including phenoxy) is 1. The third kappa shape index (κ3) is 4.05. The van der Waals surface area contributed by atoms with Gasteiger partial charge in [-0.25, -0.2) is 4.98 Å². The molecule has 0 bridgehead atoms. The van der Waals surface area contributed by atoms with Gasteiger partial charge in [-0.15, -0.1) is 0 Å². The normalized spacial score (nSPS) is 24.3. The molecule has 3 fully saturated rings. The van der Waals surface area contributed by atoms with Crippen LogP contribution in [0.1, 0.15) is 25.7 Å². The van der Waals surface area contributed by atoms with Gasteiger partial charge in [0.25, 0.3) is 5.91 Å². The van der Waals surface area contributed by atoms with Crippen LogP contribution in [-0.2, 0) is 14.3 Å². The topological polar surface area (TPSA) is 78.9 Å². The highest BCUT2D eigenvalue weighted by Crippen LogP contribution is 2.23. The second-order valence-electron chi connectivity index (χ2n) is 7.48. The standard InChI is InChI=1S/C19H27N5O3/c25-18(24-11-9-22(10-12-24)17-14-20-5-6-21-17)15-3-7-23(8-4-15)19(26)16-2-1-13-27-16/h5-6,14-16H,1-4,7-13H2/t16-/m1/s1. The Morgan fingerprint density at radius 3 is 2.30 bits per heavy atom. The Morgan fingerprint density at radius 1 is 0.926 bits per heavy atom. The van der Waals surface area contributed by atoms with Gasteiger partial charge in [0.05, 0.1) is 6.20 Å². The molecule has 3 saturated heterocycles. The van der Waals surface area contributed by atoms with E-state index >= 15 is 0 Å². The average molecular weight is 373 g/mol. The number of likely N-dealkylation sites (tertiary alicyclic amines) is 1. The number of nitrogens with zero attached hydrogens (tertiary/aromatic N) is 5. The maximum Gasteiger partial charge on any atom is 0.251 e. The van der Waals surface area contributed by atoms with Gasteiger partial charge in [0.15, 0.2) is 0 Å². The van der Waals surface area contributed by atoms with Crippen molar-refractivity contribution in [1.29, 1.82) is 0 Å². The zero-order chi connectivity index (χ0) is 18.6. The van der Waals surface area contributed by atoms with Crippen molar-refractivity contribution in [2.45, 2.75) is 31.8 Å². The number of anilines is 1. The van der Waals surface area contributed by atoms with Crippen LogP contribution in [-0.4, -0.2) is 83.6 Å². The van der Waals surface area contributed by atoms with Crippen LogP contribution in [0.5, 0.6) is 0 Å². The molecular weight excluding hydrogens is 346 g/mol. The van der Waals surface area contributed by atoms with E-state index in [9.17, 15) is 9.59 Å². The van der Waals surface area contributed by atoms with Crippen molar-refractivity contribution in [2.24, 2.45) is 5.92 Å². The number of piperazine rings is 1. The zero-order valence-electron chi connectivity index (χ0n) is 15.6. The molecule has 1 aromatic heterocycles. The smallest absolute Gasteiger partial charge is 0.251 e. The first kappa shape index (κ1) is 18.2. The van der Waals surface area contributed by atoms with Crippen LogP contribution in [0.25, 0.3) is 0 Å². The molecule has 146 valence electrons. The lowest BCUT2D eigenvalue weighted by atomic mass is 9.94. The van der Waals surface area contributed by atoms with Gasteiger partial charge in [-0.2, -0.15) is 0 Å². The Morgan fingerprint density at radius 2 is 1.67 bits per heavy atom. The minimum Gasteiger partial charge on any atom is -0.368 e. The van der Waals surface area contributed by atoms with Crippen LogP contribution in [0.15, 0.2) is 18.6 Å². The quantitative estimate of drug-likeness (QED) is 0.770. The molecule has 3 aliphatic rings. The molecule has 27 heavy (non-hydrogen) atoms. The first-order valence-corrected chi connectivity index (χ1v) is 9.92. The SMILES string of the molecule is O=C(C1CCN(C(=O)[C@H]2CCCO2)CC1)N1CCN(c2cnccn2)CC1. The van der Waals surface area contributed by atoms with Crippen molar-refractivity contribution in [3.63, 3.8) is 0 Å². The molecular formula is C19H27N5O3. The molecule has 0 radical (unpaired) electrons. The number of carbonyl (C=O) groups excluding carboxylic acids is 2. The Hall–Kier alpha value is -2.22. The van der Waals surface area contributed by atoms with Gasteiger partial charge < -0.3 is 19.4 Å². The van der Waals surface area contributed by atoms with Gasteiger partial charge in [-0.1, -0.05) is 0 Å². The molecule has 3 aliphatic heterocycles. The second kappa shape index (κ2) is 8.21. The van der Waals surface area contributed by atoms with Crippen molar-refractivity contribution in [1.82, 2.24) is 19.8 Å². The lowest BCUT2D eigenvalue weighted by Crippen LogP contribution is -2.52. The first-order valence-electron chi connectivity index (χ1n) is 9.92. The number of hydrogen-bond acceptors (Lipinski definition) is 6. The summed E-state index contributed by atoms with van der Waals surface area (Å²) in [4.78, 5) is 39.8. The number of piperidine rings is 1. The zero-order valence-corrected chi connectivity index (χ0v) is 15.6. The third-order valence-corrected chi connectivity index (χ3v) is 5.83. The summed E-state index contributed by atoms with van der Waals surface area (Å²) in [5, 5.41) is 0. The van der Waals surface area contributed by atoms with Crippen LogP contribution in [0.3, 0.4) is 0 Å². The Kier molecular flexibility index (Phi) is 5.52. The Labute approximate surface area is 159 Å². The molecule has 0 N–H and O–H groups in total. The largest absolute Gasteiger partial charge is 0.368 e. The Bertz CT molecular complexity index is 649. The maximum atomic E-state index is 12.9. The molecule has 8 nitrogen and oxygen atoms in total.